The van der Waals surface area contributed by atoms with Gasteiger partial charge in [-0.3, -0.25) is 4.79 Å². The van der Waals surface area contributed by atoms with Gasteiger partial charge in [0.1, 0.15) is 5.78 Å². The van der Waals surface area contributed by atoms with Gasteiger partial charge in [0.05, 0.1) is 0 Å². The number of carbonyl (C=O) groups is 1. The molecule has 0 spiro atoms. The molecule has 0 amide bonds. The van der Waals surface area contributed by atoms with E-state index in [1.54, 1.807) is 0 Å². The molecule has 2 aliphatic rings. The molecule has 0 heterocycles. The predicted molar refractivity (Wildman–Crippen MR) is 63.0 cm³/mol. The molecule has 17 heavy (non-hydrogen) atoms. The van der Waals surface area contributed by atoms with E-state index in [9.17, 15) is 13.6 Å². The zero-order valence-corrected chi connectivity index (χ0v) is 10.7. The molecule has 0 aliphatic heterocycles. The topological polar surface area (TPSA) is 17.1 Å². The van der Waals surface area contributed by atoms with Gasteiger partial charge in [0.15, 0.2) is 0 Å². The number of hydrogen-bond donors (Lipinski definition) is 0. The quantitative estimate of drug-likeness (QED) is 0.731. The Kier molecular flexibility index (Phi) is 3.55. The summed E-state index contributed by atoms with van der Waals surface area (Å²) in [6.45, 7) is 4.10. The second-order valence-electron chi connectivity index (χ2n) is 6.17. The zero-order chi connectivity index (χ0) is 12.6. The van der Waals surface area contributed by atoms with Crippen molar-refractivity contribution in [3.63, 3.8) is 0 Å². The molecule has 0 saturated heterocycles. The highest BCUT2D eigenvalue weighted by molar-refractivity contribution is 5.83. The largest absolute Gasteiger partial charge is 0.299 e. The van der Waals surface area contributed by atoms with Crippen LogP contribution in [0.5, 0.6) is 0 Å². The Morgan fingerprint density at radius 2 is 2.12 bits per heavy atom. The van der Waals surface area contributed by atoms with Crippen molar-refractivity contribution in [2.24, 2.45) is 23.2 Å². The van der Waals surface area contributed by atoms with Gasteiger partial charge in [-0.05, 0) is 42.9 Å². The molecule has 0 aromatic rings. The lowest BCUT2D eigenvalue weighted by atomic mass is 9.62. The van der Waals surface area contributed by atoms with Gasteiger partial charge in [-0.25, -0.2) is 8.78 Å². The summed E-state index contributed by atoms with van der Waals surface area (Å²) in [6, 6.07) is 0. The van der Waals surface area contributed by atoms with E-state index in [-0.39, 0.29) is 23.7 Å². The van der Waals surface area contributed by atoms with E-state index in [1.807, 2.05) is 6.92 Å². The highest BCUT2D eigenvalue weighted by Crippen LogP contribution is 2.57. The van der Waals surface area contributed by atoms with E-state index < -0.39 is 6.43 Å². The van der Waals surface area contributed by atoms with E-state index in [2.05, 4.69) is 6.92 Å². The van der Waals surface area contributed by atoms with Crippen LogP contribution < -0.4 is 0 Å². The third kappa shape index (κ3) is 2.25. The molecule has 0 radical (unpaired) electrons. The van der Waals surface area contributed by atoms with Gasteiger partial charge in [-0.2, -0.15) is 0 Å². The Hall–Kier alpha value is -0.470. The van der Waals surface area contributed by atoms with Gasteiger partial charge >= 0.3 is 0 Å². The average Bonchev–Trinajstić information content (AvgIpc) is 2.55. The van der Waals surface area contributed by atoms with Crippen molar-refractivity contribution in [3.05, 3.63) is 0 Å². The number of halogens is 2. The van der Waals surface area contributed by atoms with Crippen LogP contribution in [0.3, 0.4) is 0 Å². The zero-order valence-electron chi connectivity index (χ0n) is 10.7. The molecule has 0 N–H and O–H groups in total. The number of carbonyl (C=O) groups excluding carboxylic acids is 1. The number of rotatable bonds is 3. The van der Waals surface area contributed by atoms with Crippen molar-refractivity contribution < 1.29 is 13.6 Å². The molecular formula is C14H22F2O. The van der Waals surface area contributed by atoms with Gasteiger partial charge < -0.3 is 0 Å². The van der Waals surface area contributed by atoms with E-state index in [4.69, 9.17) is 0 Å². The van der Waals surface area contributed by atoms with Crippen LogP contribution in [0.25, 0.3) is 0 Å². The van der Waals surface area contributed by atoms with Crippen LogP contribution in [0.1, 0.15) is 52.4 Å². The summed E-state index contributed by atoms with van der Waals surface area (Å²) in [4.78, 5) is 11.9. The van der Waals surface area contributed by atoms with Crippen LogP contribution >= 0.6 is 0 Å². The van der Waals surface area contributed by atoms with Crippen molar-refractivity contribution in [1.82, 2.24) is 0 Å². The van der Waals surface area contributed by atoms with Gasteiger partial charge in [0.25, 0.3) is 0 Å². The second-order valence-corrected chi connectivity index (χ2v) is 6.17. The van der Waals surface area contributed by atoms with E-state index in [1.165, 1.54) is 0 Å². The molecule has 2 saturated carbocycles. The first-order valence-electron chi connectivity index (χ1n) is 6.76. The van der Waals surface area contributed by atoms with Crippen molar-refractivity contribution in [3.8, 4) is 0 Å². The van der Waals surface area contributed by atoms with E-state index in [0.29, 0.717) is 18.1 Å². The minimum atomic E-state index is -2.22. The number of ketones is 1. The highest BCUT2D eigenvalue weighted by Gasteiger charge is 2.52. The van der Waals surface area contributed by atoms with Crippen molar-refractivity contribution >= 4 is 5.78 Å². The Labute approximate surface area is 102 Å². The van der Waals surface area contributed by atoms with Crippen molar-refractivity contribution in [2.75, 3.05) is 0 Å². The molecule has 3 heteroatoms. The van der Waals surface area contributed by atoms with Crippen molar-refractivity contribution in [1.29, 1.82) is 0 Å². The summed E-state index contributed by atoms with van der Waals surface area (Å²) in [5, 5.41) is 0. The van der Waals surface area contributed by atoms with Gasteiger partial charge in [-0.15, -0.1) is 0 Å². The van der Waals surface area contributed by atoms with Crippen LogP contribution in [-0.4, -0.2) is 12.2 Å². The maximum absolute atomic E-state index is 12.5. The van der Waals surface area contributed by atoms with E-state index >= 15 is 0 Å². The Morgan fingerprint density at radius 3 is 2.76 bits per heavy atom. The molecule has 0 aromatic heterocycles. The maximum Gasteiger partial charge on any atom is 0.238 e. The molecule has 0 aromatic carbocycles. The number of fused-ring (bicyclic) bond motifs is 1. The fraction of sp³-hybridized carbons (Fsp3) is 0.929. The first-order chi connectivity index (χ1) is 7.95. The van der Waals surface area contributed by atoms with Crippen LogP contribution in [-0.2, 0) is 4.79 Å². The molecule has 1 unspecified atom stereocenters. The molecule has 0 bridgehead atoms. The normalized spacial score (nSPS) is 39.5. The highest BCUT2D eigenvalue weighted by atomic mass is 19.3. The lowest BCUT2D eigenvalue weighted by molar-refractivity contribution is -0.130. The fourth-order valence-corrected chi connectivity index (χ4v) is 4.35. The lowest BCUT2D eigenvalue weighted by Gasteiger charge is -2.42. The van der Waals surface area contributed by atoms with Crippen LogP contribution in [0.4, 0.5) is 8.78 Å². The molecule has 2 fully saturated rings. The van der Waals surface area contributed by atoms with Crippen LogP contribution in [0, 0.1) is 23.2 Å². The average molecular weight is 244 g/mol. The monoisotopic (exact) mass is 244 g/mol. The summed E-state index contributed by atoms with van der Waals surface area (Å²) in [7, 11) is 0. The molecule has 98 valence electrons. The number of Topliss-reactive ketones (excluding diaryl/α,β-unsaturated/α-hetero) is 1. The Balaban J connectivity index is 2.12. The first kappa shape index (κ1) is 13.0. The van der Waals surface area contributed by atoms with Crippen LogP contribution in [0.2, 0.25) is 0 Å². The molecule has 1 nitrogen and oxygen atoms in total. The standard InChI is InChI=1S/C14H22F2O/c1-9(8-13(15)16)10-5-6-11-12(17)4-3-7-14(10,11)2/h9-11,13H,3-8H2,1-2H3/t9-,10+,11-,14?/m0/s1. The summed E-state index contributed by atoms with van der Waals surface area (Å²) in [5.74, 6) is 0.883. The summed E-state index contributed by atoms with van der Waals surface area (Å²) in [5.41, 5.74) is 0.00361. The van der Waals surface area contributed by atoms with E-state index in [0.717, 1.165) is 25.7 Å². The third-order valence-corrected chi connectivity index (χ3v) is 5.17. The van der Waals surface area contributed by atoms with Gasteiger partial charge in [0.2, 0.25) is 6.43 Å². The molecule has 4 atom stereocenters. The summed E-state index contributed by atoms with van der Waals surface area (Å²) in [6.07, 6.45) is 2.35. The molecule has 2 rings (SSSR count). The smallest absolute Gasteiger partial charge is 0.238 e. The Bertz CT molecular complexity index is 303. The Morgan fingerprint density at radius 1 is 1.41 bits per heavy atom. The van der Waals surface area contributed by atoms with Gasteiger partial charge in [0, 0.05) is 18.8 Å². The first-order valence-corrected chi connectivity index (χ1v) is 6.76. The lowest BCUT2D eigenvalue weighted by Crippen LogP contribution is -2.39. The third-order valence-electron chi connectivity index (χ3n) is 5.17. The predicted octanol–water partition coefficient (Wildman–Crippen LogP) is 4.06. The summed E-state index contributed by atoms with van der Waals surface area (Å²) < 4.78 is 25.0. The second kappa shape index (κ2) is 4.66. The summed E-state index contributed by atoms with van der Waals surface area (Å²) >= 11 is 0. The molecule has 2 aliphatic carbocycles. The van der Waals surface area contributed by atoms with Crippen molar-refractivity contribution in [2.45, 2.75) is 58.8 Å². The number of alkyl halides is 2. The minimum absolute atomic E-state index is 0.00361. The maximum atomic E-state index is 12.5. The van der Waals surface area contributed by atoms with Gasteiger partial charge in [-0.1, -0.05) is 13.8 Å². The number of hydrogen-bond acceptors (Lipinski definition) is 1. The SMILES string of the molecule is C[C@@H](CC(F)F)[C@H]1CC[C@H]2C(=O)CCCC12C. The molecular weight excluding hydrogens is 222 g/mol. The van der Waals surface area contributed by atoms with Crippen LogP contribution in [0.15, 0.2) is 0 Å². The fourth-order valence-electron chi connectivity index (χ4n) is 4.35. The minimum Gasteiger partial charge on any atom is -0.299 e.